The highest BCUT2D eigenvalue weighted by Crippen LogP contribution is 2.62. The van der Waals surface area contributed by atoms with Gasteiger partial charge in [-0.25, -0.2) is 0 Å². The molecule has 4 fully saturated rings. The molecule has 0 unspecified atom stereocenters. The van der Waals surface area contributed by atoms with E-state index in [0.29, 0.717) is 29.5 Å². The van der Waals surface area contributed by atoms with Crippen LogP contribution in [0.1, 0.15) is 48.9 Å². The third kappa shape index (κ3) is 2.45. The Labute approximate surface area is 149 Å². The maximum atomic E-state index is 12.8. The summed E-state index contributed by atoms with van der Waals surface area (Å²) in [6.07, 6.45) is 8.02. The minimum Gasteiger partial charge on any atom is -0.377 e. The number of piperidine rings is 1. The van der Waals surface area contributed by atoms with Crippen molar-refractivity contribution in [1.29, 1.82) is 0 Å². The highest BCUT2D eigenvalue weighted by Gasteiger charge is 2.66. The van der Waals surface area contributed by atoms with E-state index in [2.05, 4.69) is 5.32 Å². The predicted molar refractivity (Wildman–Crippen MR) is 96.4 cm³/mol. The molecule has 0 aromatic heterocycles. The number of carbonyl (C=O) groups excluding carboxylic acids is 1. The smallest absolute Gasteiger partial charge is 0.253 e. The lowest BCUT2D eigenvalue weighted by Crippen LogP contribution is -2.73. The van der Waals surface area contributed by atoms with Crippen molar-refractivity contribution in [3.63, 3.8) is 0 Å². The zero-order valence-electron chi connectivity index (χ0n) is 14.8. The van der Waals surface area contributed by atoms with Crippen LogP contribution in [0.15, 0.2) is 30.3 Å². The number of nitrogens with one attached hydrogen (secondary N) is 1. The van der Waals surface area contributed by atoms with Gasteiger partial charge in [0.2, 0.25) is 0 Å². The molecule has 4 heteroatoms. The van der Waals surface area contributed by atoms with Crippen LogP contribution in [0, 0.1) is 11.3 Å². The lowest BCUT2D eigenvalue weighted by Gasteiger charge is -2.64. The predicted octanol–water partition coefficient (Wildman–Crippen LogP) is 2.84. The summed E-state index contributed by atoms with van der Waals surface area (Å²) in [6.45, 7) is 2.67. The first-order valence-electron chi connectivity index (χ1n) is 10.00. The fourth-order valence-electron chi connectivity index (χ4n) is 5.81. The summed E-state index contributed by atoms with van der Waals surface area (Å²) in [4.78, 5) is 14.8. The highest BCUT2D eigenvalue weighted by atomic mass is 16.5. The standard InChI is InChI=1S/C21H28N2O2/c24-20(15-6-2-1-3-7-15)23-12-4-8-16(14-23)22-18-17-9-13-25-19(17)21(18)10-5-11-21/h1-3,6-7,16-19,22H,4-5,8-14H2/t16-,17+,18+,19+/m0/s1. The summed E-state index contributed by atoms with van der Waals surface area (Å²) in [6, 6.07) is 10.8. The highest BCUT2D eigenvalue weighted by molar-refractivity contribution is 5.94. The normalized spacial score (nSPS) is 35.8. The molecular formula is C21H28N2O2. The van der Waals surface area contributed by atoms with Gasteiger partial charge >= 0.3 is 0 Å². The molecule has 2 heterocycles. The Hall–Kier alpha value is -1.39. The zero-order chi connectivity index (χ0) is 16.9. The first-order chi connectivity index (χ1) is 12.3. The molecule has 4 atom stereocenters. The van der Waals surface area contributed by atoms with Crippen molar-refractivity contribution in [2.45, 2.75) is 56.7 Å². The molecule has 1 N–H and O–H groups in total. The fraction of sp³-hybridized carbons (Fsp3) is 0.667. The van der Waals surface area contributed by atoms with Gasteiger partial charge in [-0.1, -0.05) is 24.6 Å². The average molecular weight is 340 g/mol. The molecule has 1 spiro atoms. The molecule has 2 saturated heterocycles. The minimum absolute atomic E-state index is 0.182. The van der Waals surface area contributed by atoms with Crippen LogP contribution in [0.5, 0.6) is 0 Å². The summed E-state index contributed by atoms with van der Waals surface area (Å²) in [5.41, 5.74) is 1.24. The van der Waals surface area contributed by atoms with E-state index in [9.17, 15) is 4.79 Å². The molecule has 2 aliphatic carbocycles. The number of benzene rings is 1. The van der Waals surface area contributed by atoms with E-state index >= 15 is 0 Å². The largest absolute Gasteiger partial charge is 0.377 e. The number of hydrogen-bond acceptors (Lipinski definition) is 3. The molecule has 0 radical (unpaired) electrons. The molecular weight excluding hydrogens is 312 g/mol. The van der Waals surface area contributed by atoms with Crippen molar-refractivity contribution >= 4 is 5.91 Å². The lowest BCUT2D eigenvalue weighted by molar-refractivity contribution is -0.179. The van der Waals surface area contributed by atoms with Crippen molar-refractivity contribution in [2.75, 3.05) is 19.7 Å². The van der Waals surface area contributed by atoms with E-state index in [-0.39, 0.29) is 5.91 Å². The third-order valence-electron chi connectivity index (χ3n) is 7.18. The number of ether oxygens (including phenoxy) is 1. The van der Waals surface area contributed by atoms with Crippen LogP contribution < -0.4 is 5.32 Å². The molecule has 4 aliphatic rings. The Bertz CT molecular complexity index is 643. The van der Waals surface area contributed by atoms with Gasteiger partial charge in [0.05, 0.1) is 6.10 Å². The van der Waals surface area contributed by atoms with E-state index in [1.807, 2.05) is 35.2 Å². The molecule has 4 nitrogen and oxygen atoms in total. The van der Waals surface area contributed by atoms with Gasteiger partial charge in [0, 0.05) is 48.7 Å². The third-order valence-corrected chi connectivity index (χ3v) is 7.18. The van der Waals surface area contributed by atoms with Gasteiger partial charge in [0.1, 0.15) is 0 Å². The second-order valence-electron chi connectivity index (χ2n) is 8.43. The van der Waals surface area contributed by atoms with E-state index in [4.69, 9.17) is 4.74 Å². The average Bonchev–Trinajstić information content (AvgIpc) is 3.04. The number of likely N-dealkylation sites (tertiary alicyclic amines) is 1. The van der Waals surface area contributed by atoms with Gasteiger partial charge in [0.15, 0.2) is 0 Å². The Kier molecular flexibility index (Phi) is 3.86. The summed E-state index contributed by atoms with van der Waals surface area (Å²) in [5, 5.41) is 3.98. The molecule has 1 amide bonds. The van der Waals surface area contributed by atoms with E-state index in [1.165, 1.54) is 32.1 Å². The van der Waals surface area contributed by atoms with Crippen LogP contribution >= 0.6 is 0 Å². The van der Waals surface area contributed by atoms with Crippen LogP contribution in [0.2, 0.25) is 0 Å². The van der Waals surface area contributed by atoms with E-state index in [0.717, 1.165) is 31.7 Å². The van der Waals surface area contributed by atoms with Crippen molar-refractivity contribution < 1.29 is 9.53 Å². The first kappa shape index (κ1) is 15.8. The van der Waals surface area contributed by atoms with E-state index < -0.39 is 0 Å². The van der Waals surface area contributed by atoms with Gasteiger partial charge in [-0.3, -0.25) is 4.79 Å². The van der Waals surface area contributed by atoms with Gasteiger partial charge in [-0.2, -0.15) is 0 Å². The van der Waals surface area contributed by atoms with Crippen molar-refractivity contribution in [2.24, 2.45) is 11.3 Å². The molecule has 5 rings (SSSR count). The second-order valence-corrected chi connectivity index (χ2v) is 8.43. The number of fused-ring (bicyclic) bond motifs is 2. The fourth-order valence-corrected chi connectivity index (χ4v) is 5.81. The molecule has 1 aromatic rings. The molecule has 25 heavy (non-hydrogen) atoms. The second kappa shape index (κ2) is 6.10. The monoisotopic (exact) mass is 340 g/mol. The van der Waals surface area contributed by atoms with Gasteiger partial charge in [0.25, 0.3) is 5.91 Å². The van der Waals surface area contributed by atoms with E-state index in [1.54, 1.807) is 0 Å². The topological polar surface area (TPSA) is 41.6 Å². The van der Waals surface area contributed by atoms with Crippen molar-refractivity contribution in [1.82, 2.24) is 10.2 Å². The van der Waals surface area contributed by atoms with Gasteiger partial charge in [-0.05, 0) is 44.2 Å². The summed E-state index contributed by atoms with van der Waals surface area (Å²) in [7, 11) is 0. The summed E-state index contributed by atoms with van der Waals surface area (Å²) in [5.74, 6) is 0.890. The number of amides is 1. The first-order valence-corrected chi connectivity index (χ1v) is 10.00. The van der Waals surface area contributed by atoms with Crippen molar-refractivity contribution in [3.8, 4) is 0 Å². The Balaban J connectivity index is 1.25. The molecule has 1 aromatic carbocycles. The SMILES string of the molecule is O=C(c1ccccc1)N1CCC[C@H](N[C@@H]2[C@H]3CCO[C@H]3C23CCC3)C1. The van der Waals surface area contributed by atoms with Crippen LogP contribution in [0.25, 0.3) is 0 Å². The van der Waals surface area contributed by atoms with Crippen LogP contribution in [-0.2, 0) is 4.74 Å². The van der Waals surface area contributed by atoms with Gasteiger partial charge in [-0.15, -0.1) is 0 Å². The zero-order valence-corrected chi connectivity index (χ0v) is 14.8. The number of hydrogen-bond donors (Lipinski definition) is 1. The Morgan fingerprint density at radius 1 is 1.16 bits per heavy atom. The molecule has 0 bridgehead atoms. The van der Waals surface area contributed by atoms with Crippen LogP contribution in [0.3, 0.4) is 0 Å². The summed E-state index contributed by atoms with van der Waals surface area (Å²) >= 11 is 0. The number of carbonyl (C=O) groups is 1. The molecule has 2 aliphatic heterocycles. The van der Waals surface area contributed by atoms with Crippen LogP contribution in [-0.4, -0.2) is 48.7 Å². The molecule has 134 valence electrons. The maximum absolute atomic E-state index is 12.8. The maximum Gasteiger partial charge on any atom is 0.253 e. The van der Waals surface area contributed by atoms with Crippen LogP contribution in [0.4, 0.5) is 0 Å². The Morgan fingerprint density at radius 3 is 2.76 bits per heavy atom. The molecule has 2 saturated carbocycles. The number of nitrogens with zero attached hydrogens (tertiary/aromatic N) is 1. The van der Waals surface area contributed by atoms with Gasteiger partial charge < -0.3 is 15.0 Å². The minimum atomic E-state index is 0.182. The number of rotatable bonds is 3. The quantitative estimate of drug-likeness (QED) is 0.920. The lowest BCUT2D eigenvalue weighted by atomic mass is 9.46. The Morgan fingerprint density at radius 2 is 2.00 bits per heavy atom. The summed E-state index contributed by atoms with van der Waals surface area (Å²) < 4.78 is 6.04. The van der Waals surface area contributed by atoms with Crippen molar-refractivity contribution in [3.05, 3.63) is 35.9 Å².